The van der Waals surface area contributed by atoms with E-state index in [1.165, 1.54) is 43.1 Å². The first-order valence-corrected chi connectivity index (χ1v) is 8.02. The largest absolute Gasteiger partial charge is 0.381 e. The lowest BCUT2D eigenvalue weighted by Crippen LogP contribution is -2.28. The van der Waals surface area contributed by atoms with Gasteiger partial charge in [0, 0.05) is 30.9 Å². The molecule has 1 aromatic rings. The molecule has 0 radical (unpaired) electrons. The van der Waals surface area contributed by atoms with Gasteiger partial charge in [-0.05, 0) is 44.7 Å². The second-order valence-electron chi connectivity index (χ2n) is 5.45. The summed E-state index contributed by atoms with van der Waals surface area (Å²) in [5.74, 6) is 1.50. The molecule has 0 unspecified atom stereocenters. The molecule has 4 heteroatoms. The van der Waals surface area contributed by atoms with Gasteiger partial charge in [-0.3, -0.25) is 0 Å². The number of hydrogen-bond acceptors (Lipinski definition) is 4. The molecule has 3 nitrogen and oxygen atoms in total. The Labute approximate surface area is 113 Å². The summed E-state index contributed by atoms with van der Waals surface area (Å²) in [6, 6.07) is 0. The molecule has 3 heterocycles. The van der Waals surface area contributed by atoms with Crippen LogP contribution in [0.15, 0.2) is 5.38 Å². The van der Waals surface area contributed by atoms with E-state index >= 15 is 0 Å². The SMILES string of the molecule is c1sc(CC2CCNCC2)nc1C1CCOCC1. The molecule has 2 fully saturated rings. The van der Waals surface area contributed by atoms with E-state index in [0.717, 1.165) is 32.0 Å². The average Bonchev–Trinajstić information content (AvgIpc) is 2.89. The Morgan fingerprint density at radius 3 is 2.78 bits per heavy atom. The minimum absolute atomic E-state index is 0.650. The van der Waals surface area contributed by atoms with Gasteiger partial charge in [0.2, 0.25) is 0 Å². The highest BCUT2D eigenvalue weighted by molar-refractivity contribution is 7.09. The summed E-state index contributed by atoms with van der Waals surface area (Å²) in [7, 11) is 0. The van der Waals surface area contributed by atoms with Crippen LogP contribution in [-0.2, 0) is 11.2 Å². The highest BCUT2D eigenvalue weighted by atomic mass is 32.1. The first-order chi connectivity index (χ1) is 8.92. The predicted molar refractivity (Wildman–Crippen MR) is 74.2 cm³/mol. The topological polar surface area (TPSA) is 34.2 Å². The maximum atomic E-state index is 5.42. The average molecular weight is 266 g/mol. The van der Waals surface area contributed by atoms with Crippen molar-refractivity contribution in [3.05, 3.63) is 16.1 Å². The van der Waals surface area contributed by atoms with Crippen molar-refractivity contribution in [2.24, 2.45) is 5.92 Å². The number of rotatable bonds is 3. The lowest BCUT2D eigenvalue weighted by atomic mass is 9.95. The molecule has 1 aromatic heterocycles. The highest BCUT2D eigenvalue weighted by Crippen LogP contribution is 2.29. The van der Waals surface area contributed by atoms with Crippen LogP contribution in [0.2, 0.25) is 0 Å². The monoisotopic (exact) mass is 266 g/mol. The fourth-order valence-corrected chi connectivity index (χ4v) is 3.92. The van der Waals surface area contributed by atoms with E-state index in [0.29, 0.717) is 5.92 Å². The van der Waals surface area contributed by atoms with E-state index in [1.807, 2.05) is 11.3 Å². The number of nitrogens with one attached hydrogen (secondary N) is 1. The van der Waals surface area contributed by atoms with E-state index in [2.05, 4.69) is 10.7 Å². The summed E-state index contributed by atoms with van der Waals surface area (Å²) in [6.45, 7) is 4.18. The normalized spacial score (nSPS) is 23.3. The molecule has 2 saturated heterocycles. The Bertz CT molecular complexity index is 368. The quantitative estimate of drug-likeness (QED) is 0.913. The first kappa shape index (κ1) is 12.6. The van der Waals surface area contributed by atoms with Crippen molar-refractivity contribution in [1.82, 2.24) is 10.3 Å². The summed E-state index contributed by atoms with van der Waals surface area (Å²) in [5, 5.41) is 7.06. The van der Waals surface area contributed by atoms with E-state index in [1.54, 1.807) is 0 Å². The molecule has 100 valence electrons. The van der Waals surface area contributed by atoms with Gasteiger partial charge in [-0.1, -0.05) is 0 Å². The van der Waals surface area contributed by atoms with Crippen molar-refractivity contribution >= 4 is 11.3 Å². The summed E-state index contributed by atoms with van der Waals surface area (Å²) >= 11 is 1.86. The predicted octanol–water partition coefficient (Wildman–Crippen LogP) is 2.58. The van der Waals surface area contributed by atoms with Crippen molar-refractivity contribution in [3.63, 3.8) is 0 Å². The Morgan fingerprint density at radius 1 is 1.22 bits per heavy atom. The highest BCUT2D eigenvalue weighted by Gasteiger charge is 2.20. The van der Waals surface area contributed by atoms with Gasteiger partial charge in [-0.15, -0.1) is 11.3 Å². The molecule has 0 saturated carbocycles. The molecule has 2 aliphatic rings. The van der Waals surface area contributed by atoms with Crippen molar-refractivity contribution in [2.45, 2.75) is 38.0 Å². The van der Waals surface area contributed by atoms with Gasteiger partial charge in [-0.25, -0.2) is 4.98 Å². The van der Waals surface area contributed by atoms with Gasteiger partial charge in [0.25, 0.3) is 0 Å². The number of ether oxygens (including phenoxy) is 1. The van der Waals surface area contributed by atoms with Crippen LogP contribution in [0, 0.1) is 5.92 Å². The standard InChI is InChI=1S/C14H22N2OS/c1-5-15-6-2-11(1)9-14-16-13(10-18-14)12-3-7-17-8-4-12/h10-12,15H,1-9H2. The molecule has 1 N–H and O–H groups in total. The second-order valence-corrected chi connectivity index (χ2v) is 6.39. The zero-order valence-electron chi connectivity index (χ0n) is 10.9. The van der Waals surface area contributed by atoms with Crippen LogP contribution in [-0.4, -0.2) is 31.3 Å². The molecule has 2 aliphatic heterocycles. The fraction of sp³-hybridized carbons (Fsp3) is 0.786. The zero-order chi connectivity index (χ0) is 12.2. The third kappa shape index (κ3) is 3.11. The van der Waals surface area contributed by atoms with Gasteiger partial charge in [0.15, 0.2) is 0 Å². The Kier molecular flexibility index (Phi) is 4.28. The summed E-state index contributed by atoms with van der Waals surface area (Å²) in [4.78, 5) is 4.87. The van der Waals surface area contributed by atoms with Gasteiger partial charge in [0.1, 0.15) is 0 Å². The maximum Gasteiger partial charge on any atom is 0.0931 e. The van der Waals surface area contributed by atoms with E-state index in [4.69, 9.17) is 9.72 Å². The molecule has 18 heavy (non-hydrogen) atoms. The minimum Gasteiger partial charge on any atom is -0.381 e. The van der Waals surface area contributed by atoms with E-state index < -0.39 is 0 Å². The van der Waals surface area contributed by atoms with Crippen LogP contribution in [0.3, 0.4) is 0 Å². The lowest BCUT2D eigenvalue weighted by molar-refractivity contribution is 0.0846. The van der Waals surface area contributed by atoms with Crippen LogP contribution in [0.4, 0.5) is 0 Å². The molecule has 0 atom stereocenters. The molecular formula is C14H22N2OS. The lowest BCUT2D eigenvalue weighted by Gasteiger charge is -2.21. The molecule has 0 amide bonds. The molecule has 0 aliphatic carbocycles. The fourth-order valence-electron chi connectivity index (χ4n) is 2.93. The number of piperidine rings is 1. The number of hydrogen-bond donors (Lipinski definition) is 1. The minimum atomic E-state index is 0.650. The Hall–Kier alpha value is -0.450. The van der Waals surface area contributed by atoms with Crippen molar-refractivity contribution in [3.8, 4) is 0 Å². The van der Waals surface area contributed by atoms with Gasteiger partial charge in [0.05, 0.1) is 10.7 Å². The third-order valence-electron chi connectivity index (χ3n) is 4.13. The van der Waals surface area contributed by atoms with Crippen LogP contribution in [0.1, 0.15) is 42.3 Å². The summed E-state index contributed by atoms with van der Waals surface area (Å²) < 4.78 is 5.42. The van der Waals surface area contributed by atoms with Crippen LogP contribution < -0.4 is 5.32 Å². The molecular weight excluding hydrogens is 244 g/mol. The Balaban J connectivity index is 1.58. The van der Waals surface area contributed by atoms with E-state index in [9.17, 15) is 0 Å². The van der Waals surface area contributed by atoms with E-state index in [-0.39, 0.29) is 0 Å². The zero-order valence-corrected chi connectivity index (χ0v) is 11.7. The summed E-state index contributed by atoms with van der Waals surface area (Å²) in [5.41, 5.74) is 1.33. The van der Waals surface area contributed by atoms with Crippen LogP contribution in [0.5, 0.6) is 0 Å². The van der Waals surface area contributed by atoms with Crippen LogP contribution >= 0.6 is 11.3 Å². The van der Waals surface area contributed by atoms with Crippen LogP contribution in [0.25, 0.3) is 0 Å². The smallest absolute Gasteiger partial charge is 0.0931 e. The van der Waals surface area contributed by atoms with Gasteiger partial charge in [-0.2, -0.15) is 0 Å². The first-order valence-electron chi connectivity index (χ1n) is 7.14. The maximum absolute atomic E-state index is 5.42. The second kappa shape index (κ2) is 6.13. The number of thiazole rings is 1. The third-order valence-corrected chi connectivity index (χ3v) is 5.02. The number of aromatic nitrogens is 1. The van der Waals surface area contributed by atoms with Crippen molar-refractivity contribution in [2.75, 3.05) is 26.3 Å². The summed E-state index contributed by atoms with van der Waals surface area (Å²) in [6.07, 6.45) is 6.11. The van der Waals surface area contributed by atoms with Gasteiger partial charge >= 0.3 is 0 Å². The molecule has 0 aromatic carbocycles. The van der Waals surface area contributed by atoms with Crippen molar-refractivity contribution < 1.29 is 4.74 Å². The molecule has 0 spiro atoms. The number of nitrogens with zero attached hydrogens (tertiary/aromatic N) is 1. The Morgan fingerprint density at radius 2 is 2.00 bits per heavy atom. The molecule has 3 rings (SSSR count). The molecule has 0 bridgehead atoms. The van der Waals surface area contributed by atoms with Gasteiger partial charge < -0.3 is 10.1 Å². The van der Waals surface area contributed by atoms with Crippen molar-refractivity contribution in [1.29, 1.82) is 0 Å².